The Bertz CT molecular complexity index is 328. The molecule has 0 bridgehead atoms. The molecule has 15 heavy (non-hydrogen) atoms. The van der Waals surface area contributed by atoms with Crippen LogP contribution in [0.2, 0.25) is 0 Å². The summed E-state index contributed by atoms with van der Waals surface area (Å²) in [6.45, 7) is 2.81. The van der Waals surface area contributed by atoms with E-state index >= 15 is 0 Å². The molecule has 0 fully saturated rings. The van der Waals surface area contributed by atoms with Gasteiger partial charge in [0.1, 0.15) is 0 Å². The first-order valence-corrected chi connectivity index (χ1v) is 4.84. The van der Waals surface area contributed by atoms with E-state index in [9.17, 15) is 4.79 Å². The molecule has 0 radical (unpaired) electrons. The number of amides is 1. The van der Waals surface area contributed by atoms with Crippen LogP contribution in [-0.2, 0) is 4.79 Å². The van der Waals surface area contributed by atoms with Gasteiger partial charge in [-0.2, -0.15) is 0 Å². The Hall–Kier alpha value is -1.78. The molecule has 0 aliphatic carbocycles. The van der Waals surface area contributed by atoms with Gasteiger partial charge in [-0.25, -0.2) is 4.98 Å². The molecule has 0 unspecified atom stereocenters. The van der Waals surface area contributed by atoms with Crippen LogP contribution in [0.4, 0.5) is 5.82 Å². The number of anilines is 1. The van der Waals surface area contributed by atoms with Gasteiger partial charge in [-0.3, -0.25) is 4.79 Å². The number of ether oxygens (including phenoxy) is 1. The molecule has 0 aliphatic heterocycles. The van der Waals surface area contributed by atoms with Gasteiger partial charge >= 0.3 is 0 Å². The highest BCUT2D eigenvalue weighted by atomic mass is 16.5. The minimum atomic E-state index is -0.0278. The maximum Gasteiger partial charge on any atom is 0.223 e. The van der Waals surface area contributed by atoms with E-state index in [4.69, 9.17) is 10.5 Å². The van der Waals surface area contributed by atoms with Crippen LogP contribution in [0.15, 0.2) is 18.3 Å². The molecule has 0 aromatic carbocycles. The first-order chi connectivity index (χ1) is 7.24. The van der Waals surface area contributed by atoms with Gasteiger partial charge in [0.2, 0.25) is 5.91 Å². The van der Waals surface area contributed by atoms with Crippen molar-refractivity contribution in [1.82, 2.24) is 10.3 Å². The molecule has 5 heteroatoms. The Morgan fingerprint density at radius 1 is 1.67 bits per heavy atom. The summed E-state index contributed by atoms with van der Waals surface area (Å²) in [5.74, 6) is 0.829. The monoisotopic (exact) mass is 209 g/mol. The highest BCUT2D eigenvalue weighted by Gasteiger charge is 2.02. The fraction of sp³-hybridized carbons (Fsp3) is 0.400. The van der Waals surface area contributed by atoms with Crippen LogP contribution < -0.4 is 15.8 Å². The zero-order valence-corrected chi connectivity index (χ0v) is 8.69. The summed E-state index contributed by atoms with van der Waals surface area (Å²) in [7, 11) is 0. The SMILES string of the molecule is CCNC(=O)CCOc1cccnc1N. The van der Waals surface area contributed by atoms with Gasteiger partial charge in [-0.05, 0) is 19.1 Å². The van der Waals surface area contributed by atoms with Crippen molar-refractivity contribution in [1.29, 1.82) is 0 Å². The first-order valence-electron chi connectivity index (χ1n) is 4.84. The van der Waals surface area contributed by atoms with E-state index in [1.165, 1.54) is 0 Å². The van der Waals surface area contributed by atoms with Crippen LogP contribution in [0.3, 0.4) is 0 Å². The maximum absolute atomic E-state index is 11.1. The molecule has 1 aromatic heterocycles. The number of aromatic nitrogens is 1. The van der Waals surface area contributed by atoms with Gasteiger partial charge in [-0.1, -0.05) is 0 Å². The lowest BCUT2D eigenvalue weighted by atomic mass is 10.4. The fourth-order valence-electron chi connectivity index (χ4n) is 1.06. The average molecular weight is 209 g/mol. The summed E-state index contributed by atoms with van der Waals surface area (Å²) in [6, 6.07) is 3.46. The third-order valence-corrected chi connectivity index (χ3v) is 1.76. The number of carbonyl (C=O) groups excluding carboxylic acids is 1. The minimum absolute atomic E-state index is 0.0278. The van der Waals surface area contributed by atoms with Crippen molar-refractivity contribution in [3.8, 4) is 5.75 Å². The Morgan fingerprint density at radius 3 is 3.13 bits per heavy atom. The lowest BCUT2D eigenvalue weighted by Gasteiger charge is -2.07. The summed E-state index contributed by atoms with van der Waals surface area (Å²) in [5.41, 5.74) is 5.56. The standard InChI is InChI=1S/C10H15N3O2/c1-2-12-9(14)5-7-15-8-4-3-6-13-10(8)11/h3-4,6H,2,5,7H2,1H3,(H2,11,13)(H,12,14). The molecule has 1 aromatic rings. The molecule has 3 N–H and O–H groups in total. The molecular formula is C10H15N3O2. The smallest absolute Gasteiger partial charge is 0.223 e. The van der Waals surface area contributed by atoms with E-state index < -0.39 is 0 Å². The molecule has 1 rings (SSSR count). The number of nitrogen functional groups attached to an aromatic ring is 1. The van der Waals surface area contributed by atoms with Gasteiger partial charge in [-0.15, -0.1) is 0 Å². The van der Waals surface area contributed by atoms with Crippen molar-refractivity contribution < 1.29 is 9.53 Å². The first kappa shape index (κ1) is 11.3. The summed E-state index contributed by atoms with van der Waals surface area (Å²) < 4.78 is 5.31. The highest BCUT2D eigenvalue weighted by Crippen LogP contribution is 2.16. The molecule has 1 heterocycles. The van der Waals surface area contributed by atoms with E-state index in [-0.39, 0.29) is 5.91 Å². The van der Waals surface area contributed by atoms with Gasteiger partial charge in [0.15, 0.2) is 11.6 Å². The van der Waals surface area contributed by atoms with Gasteiger partial charge in [0.05, 0.1) is 13.0 Å². The molecule has 0 atom stereocenters. The van der Waals surface area contributed by atoms with Crippen molar-refractivity contribution in [3.63, 3.8) is 0 Å². The number of nitrogens with two attached hydrogens (primary N) is 1. The number of carbonyl (C=O) groups is 1. The number of pyridine rings is 1. The number of nitrogens with zero attached hydrogens (tertiary/aromatic N) is 1. The van der Waals surface area contributed by atoms with Gasteiger partial charge in [0.25, 0.3) is 0 Å². The topological polar surface area (TPSA) is 77.2 Å². The van der Waals surface area contributed by atoms with Crippen LogP contribution in [0.25, 0.3) is 0 Å². The van der Waals surface area contributed by atoms with Crippen molar-refractivity contribution in [2.45, 2.75) is 13.3 Å². The lowest BCUT2D eigenvalue weighted by molar-refractivity contribution is -0.121. The van der Waals surface area contributed by atoms with Crippen molar-refractivity contribution in [3.05, 3.63) is 18.3 Å². The lowest BCUT2D eigenvalue weighted by Crippen LogP contribution is -2.24. The van der Waals surface area contributed by atoms with Crippen molar-refractivity contribution >= 4 is 11.7 Å². The second kappa shape index (κ2) is 5.85. The normalized spacial score (nSPS) is 9.67. The summed E-state index contributed by atoms with van der Waals surface area (Å²) >= 11 is 0. The zero-order valence-electron chi connectivity index (χ0n) is 8.69. The molecule has 5 nitrogen and oxygen atoms in total. The summed E-state index contributed by atoms with van der Waals surface area (Å²) in [5, 5.41) is 2.68. The highest BCUT2D eigenvalue weighted by molar-refractivity contribution is 5.75. The summed E-state index contributed by atoms with van der Waals surface area (Å²) in [6.07, 6.45) is 1.91. The Kier molecular flexibility index (Phi) is 4.40. The van der Waals surface area contributed by atoms with Crippen LogP contribution >= 0.6 is 0 Å². The summed E-state index contributed by atoms with van der Waals surface area (Å²) in [4.78, 5) is 14.9. The molecule has 0 aliphatic rings. The average Bonchev–Trinajstić information content (AvgIpc) is 2.21. The van der Waals surface area contributed by atoms with E-state index in [2.05, 4.69) is 10.3 Å². The van der Waals surface area contributed by atoms with Gasteiger partial charge in [0, 0.05) is 12.7 Å². The predicted octanol–water partition coefficient (Wildman–Crippen LogP) is 0.569. The number of nitrogens with one attached hydrogen (secondary N) is 1. The van der Waals surface area contributed by atoms with E-state index in [0.717, 1.165) is 0 Å². The third kappa shape index (κ3) is 3.84. The largest absolute Gasteiger partial charge is 0.489 e. The molecule has 0 saturated carbocycles. The number of hydrogen-bond donors (Lipinski definition) is 2. The van der Waals surface area contributed by atoms with Crippen LogP contribution in [0.5, 0.6) is 5.75 Å². The molecular weight excluding hydrogens is 194 g/mol. The Labute approximate surface area is 88.6 Å². The quantitative estimate of drug-likeness (QED) is 0.743. The van der Waals surface area contributed by atoms with Gasteiger partial charge < -0.3 is 15.8 Å². The van der Waals surface area contributed by atoms with E-state index in [1.54, 1.807) is 18.3 Å². The van der Waals surface area contributed by atoms with Crippen LogP contribution in [0, 0.1) is 0 Å². The molecule has 1 amide bonds. The molecule has 0 saturated heterocycles. The Balaban J connectivity index is 2.32. The number of hydrogen-bond acceptors (Lipinski definition) is 4. The van der Waals surface area contributed by atoms with Crippen LogP contribution in [0.1, 0.15) is 13.3 Å². The van der Waals surface area contributed by atoms with Crippen LogP contribution in [-0.4, -0.2) is 24.0 Å². The second-order valence-corrected chi connectivity index (χ2v) is 2.94. The number of rotatable bonds is 5. The van der Waals surface area contributed by atoms with Crippen molar-refractivity contribution in [2.24, 2.45) is 0 Å². The third-order valence-electron chi connectivity index (χ3n) is 1.76. The molecule has 82 valence electrons. The zero-order chi connectivity index (χ0) is 11.1. The molecule has 0 spiro atoms. The fourth-order valence-corrected chi connectivity index (χ4v) is 1.06. The Morgan fingerprint density at radius 2 is 2.47 bits per heavy atom. The maximum atomic E-state index is 11.1. The van der Waals surface area contributed by atoms with Crippen molar-refractivity contribution in [2.75, 3.05) is 18.9 Å². The minimum Gasteiger partial charge on any atom is -0.489 e. The second-order valence-electron chi connectivity index (χ2n) is 2.94. The predicted molar refractivity (Wildman–Crippen MR) is 57.4 cm³/mol. The van der Waals surface area contributed by atoms with E-state index in [1.807, 2.05) is 6.92 Å². The van der Waals surface area contributed by atoms with E-state index in [0.29, 0.717) is 31.1 Å².